The van der Waals surface area contributed by atoms with Crippen molar-refractivity contribution < 1.29 is 4.52 Å². The molecule has 0 saturated carbocycles. The second-order valence-electron chi connectivity index (χ2n) is 6.30. The Morgan fingerprint density at radius 2 is 1.96 bits per heavy atom. The fourth-order valence-electron chi connectivity index (χ4n) is 2.85. The third kappa shape index (κ3) is 3.54. The van der Waals surface area contributed by atoms with Crippen LogP contribution in [0.5, 0.6) is 0 Å². The quantitative estimate of drug-likeness (QED) is 0.537. The molecule has 3 aromatic heterocycles. The van der Waals surface area contributed by atoms with Gasteiger partial charge >= 0.3 is 0 Å². The summed E-state index contributed by atoms with van der Waals surface area (Å²) in [6, 6.07) is 7.94. The van der Waals surface area contributed by atoms with E-state index < -0.39 is 0 Å². The van der Waals surface area contributed by atoms with E-state index in [-0.39, 0.29) is 5.56 Å². The number of thiophene rings is 1. The van der Waals surface area contributed by atoms with Gasteiger partial charge in [0.1, 0.15) is 10.7 Å². The molecule has 6 nitrogen and oxygen atoms in total. The summed E-state index contributed by atoms with van der Waals surface area (Å²) in [7, 11) is 0. The normalized spacial score (nSPS) is 11.4. The van der Waals surface area contributed by atoms with Gasteiger partial charge in [0.2, 0.25) is 11.7 Å². The molecule has 8 heteroatoms. The Kier molecular flexibility index (Phi) is 4.84. The number of hydrogen-bond acceptors (Lipinski definition) is 7. The molecule has 4 aromatic rings. The molecular weight excluding hydrogens is 380 g/mol. The van der Waals surface area contributed by atoms with Crippen LogP contribution in [-0.4, -0.2) is 20.1 Å². The number of hydrogen-bond donors (Lipinski definition) is 1. The lowest BCUT2D eigenvalue weighted by Crippen LogP contribution is -2.10. The van der Waals surface area contributed by atoms with Gasteiger partial charge in [-0.3, -0.25) is 4.79 Å². The summed E-state index contributed by atoms with van der Waals surface area (Å²) in [5, 5.41) is 4.77. The number of nitrogens with zero attached hydrogens (tertiary/aromatic N) is 3. The smallest absolute Gasteiger partial charge is 0.259 e. The first-order valence-electron chi connectivity index (χ1n) is 8.48. The molecule has 0 bridgehead atoms. The second kappa shape index (κ2) is 7.28. The Labute approximate surface area is 164 Å². The molecule has 0 saturated heterocycles. The first-order chi connectivity index (χ1) is 13.0. The summed E-state index contributed by atoms with van der Waals surface area (Å²) in [5.41, 5.74) is 3.01. The van der Waals surface area contributed by atoms with Crippen LogP contribution in [0.25, 0.3) is 21.6 Å². The van der Waals surface area contributed by atoms with Gasteiger partial charge in [-0.25, -0.2) is 4.98 Å². The van der Waals surface area contributed by atoms with Crippen molar-refractivity contribution in [3.05, 3.63) is 62.3 Å². The van der Waals surface area contributed by atoms with E-state index >= 15 is 0 Å². The zero-order valence-electron chi connectivity index (χ0n) is 15.2. The number of thioether (sulfide) groups is 1. The minimum atomic E-state index is -0.0721. The Bertz CT molecular complexity index is 1180. The van der Waals surface area contributed by atoms with Crippen molar-refractivity contribution in [3.8, 4) is 11.4 Å². The molecule has 0 spiro atoms. The summed E-state index contributed by atoms with van der Waals surface area (Å²) >= 11 is 3.13. The molecule has 0 atom stereocenters. The molecule has 138 valence electrons. The number of aromatic nitrogens is 4. The highest BCUT2D eigenvalue weighted by atomic mass is 32.2. The van der Waals surface area contributed by atoms with Crippen LogP contribution >= 0.6 is 23.1 Å². The number of nitrogens with one attached hydrogen (secondary N) is 1. The summed E-state index contributed by atoms with van der Waals surface area (Å²) < 4.78 is 5.35. The van der Waals surface area contributed by atoms with Crippen molar-refractivity contribution in [1.82, 2.24) is 20.1 Å². The highest BCUT2D eigenvalue weighted by Gasteiger charge is 2.13. The average molecular weight is 399 g/mol. The molecule has 0 fully saturated rings. The largest absolute Gasteiger partial charge is 0.338 e. The fourth-order valence-corrected chi connectivity index (χ4v) is 4.62. The van der Waals surface area contributed by atoms with Crippen LogP contribution in [0.1, 0.15) is 27.7 Å². The Balaban J connectivity index is 1.46. The molecule has 1 aromatic carbocycles. The van der Waals surface area contributed by atoms with Crippen LogP contribution in [-0.2, 0) is 11.5 Å². The molecule has 0 aliphatic rings. The molecule has 0 unspecified atom stereocenters. The van der Waals surface area contributed by atoms with Crippen LogP contribution in [0.2, 0.25) is 0 Å². The third-order valence-electron chi connectivity index (χ3n) is 4.41. The van der Waals surface area contributed by atoms with Gasteiger partial charge in [-0.15, -0.1) is 23.1 Å². The maximum atomic E-state index is 12.3. The van der Waals surface area contributed by atoms with E-state index in [2.05, 4.69) is 20.1 Å². The second-order valence-corrected chi connectivity index (χ2v) is 8.48. The molecule has 27 heavy (non-hydrogen) atoms. The third-order valence-corrected chi connectivity index (χ3v) is 6.44. The lowest BCUT2D eigenvalue weighted by Gasteiger charge is -2.00. The molecular formula is C19H18N4O2S2. The standard InChI is InChI=1S/C19H18N4O2S2/c1-10-6-4-5-7-13(10)17-22-15(25-23-17)9-26-8-14-20-18(24)16-11(2)12(3)27-19(16)21-14/h4-7H,8-9H2,1-3H3,(H,20,21,24). The van der Waals surface area contributed by atoms with Gasteiger partial charge in [0.05, 0.1) is 16.9 Å². The van der Waals surface area contributed by atoms with E-state index in [1.54, 1.807) is 23.1 Å². The Morgan fingerprint density at radius 3 is 2.78 bits per heavy atom. The van der Waals surface area contributed by atoms with Crippen molar-refractivity contribution >= 4 is 33.3 Å². The van der Waals surface area contributed by atoms with Gasteiger partial charge in [0.15, 0.2) is 0 Å². The van der Waals surface area contributed by atoms with Gasteiger partial charge < -0.3 is 9.51 Å². The lowest BCUT2D eigenvalue weighted by molar-refractivity contribution is 0.391. The van der Waals surface area contributed by atoms with E-state index in [9.17, 15) is 4.79 Å². The highest BCUT2D eigenvalue weighted by Crippen LogP contribution is 2.26. The van der Waals surface area contributed by atoms with Crippen LogP contribution < -0.4 is 5.56 Å². The molecule has 0 radical (unpaired) electrons. The number of benzene rings is 1. The molecule has 3 heterocycles. The summed E-state index contributed by atoms with van der Waals surface area (Å²) in [4.78, 5) is 26.2. The SMILES string of the molecule is Cc1ccccc1-c1noc(CSCc2nc3sc(C)c(C)c3c(=O)[nH]2)n1. The number of H-pyrrole nitrogens is 1. The molecule has 0 aliphatic heterocycles. The van der Waals surface area contributed by atoms with Crippen molar-refractivity contribution in [3.63, 3.8) is 0 Å². The average Bonchev–Trinajstić information content (AvgIpc) is 3.20. The number of aryl methyl sites for hydroxylation is 3. The molecule has 0 amide bonds. The van der Waals surface area contributed by atoms with Crippen molar-refractivity contribution in [1.29, 1.82) is 0 Å². The number of rotatable bonds is 5. The van der Waals surface area contributed by atoms with E-state index in [4.69, 9.17) is 4.52 Å². The minimum Gasteiger partial charge on any atom is -0.338 e. The van der Waals surface area contributed by atoms with Crippen LogP contribution in [0.3, 0.4) is 0 Å². The zero-order valence-corrected chi connectivity index (χ0v) is 16.8. The van der Waals surface area contributed by atoms with Crippen molar-refractivity contribution in [2.45, 2.75) is 32.3 Å². The van der Waals surface area contributed by atoms with Crippen LogP contribution in [0.15, 0.2) is 33.6 Å². The minimum absolute atomic E-state index is 0.0721. The van der Waals surface area contributed by atoms with Gasteiger partial charge in [-0.05, 0) is 31.9 Å². The zero-order chi connectivity index (χ0) is 19.0. The Hall–Kier alpha value is -2.45. The Morgan fingerprint density at radius 1 is 1.15 bits per heavy atom. The van der Waals surface area contributed by atoms with E-state index in [0.717, 1.165) is 26.4 Å². The first-order valence-corrected chi connectivity index (χ1v) is 10.5. The molecule has 0 aliphatic carbocycles. The monoisotopic (exact) mass is 398 g/mol. The maximum Gasteiger partial charge on any atom is 0.259 e. The van der Waals surface area contributed by atoms with Crippen LogP contribution in [0.4, 0.5) is 0 Å². The number of fused-ring (bicyclic) bond motifs is 1. The van der Waals surface area contributed by atoms with E-state index in [0.29, 0.717) is 34.4 Å². The summed E-state index contributed by atoms with van der Waals surface area (Å²) in [6.07, 6.45) is 0. The highest BCUT2D eigenvalue weighted by molar-refractivity contribution is 7.97. The van der Waals surface area contributed by atoms with Crippen molar-refractivity contribution in [2.24, 2.45) is 0 Å². The predicted molar refractivity (Wildman–Crippen MR) is 109 cm³/mol. The van der Waals surface area contributed by atoms with Gasteiger partial charge in [-0.1, -0.05) is 29.4 Å². The van der Waals surface area contributed by atoms with Crippen LogP contribution in [0, 0.1) is 20.8 Å². The van der Waals surface area contributed by atoms with Crippen molar-refractivity contribution in [2.75, 3.05) is 0 Å². The topological polar surface area (TPSA) is 84.7 Å². The predicted octanol–water partition coefficient (Wildman–Crippen LogP) is 4.39. The van der Waals surface area contributed by atoms with E-state index in [1.807, 2.05) is 45.0 Å². The number of aromatic amines is 1. The lowest BCUT2D eigenvalue weighted by atomic mass is 10.1. The first kappa shape index (κ1) is 17.9. The van der Waals surface area contributed by atoms with E-state index in [1.165, 1.54) is 0 Å². The fraction of sp³-hybridized carbons (Fsp3) is 0.263. The summed E-state index contributed by atoms with van der Waals surface area (Å²) in [5.74, 6) is 2.95. The van der Waals surface area contributed by atoms with Gasteiger partial charge in [-0.2, -0.15) is 4.98 Å². The molecule has 4 rings (SSSR count). The van der Waals surface area contributed by atoms with Gasteiger partial charge in [0.25, 0.3) is 5.56 Å². The molecule has 1 N–H and O–H groups in total. The summed E-state index contributed by atoms with van der Waals surface area (Å²) in [6.45, 7) is 5.99. The van der Waals surface area contributed by atoms with Gasteiger partial charge in [0, 0.05) is 10.4 Å². The maximum absolute atomic E-state index is 12.3.